The molecule has 5 N–H and O–H groups in total. The number of aliphatic hydroxyl groups is 1. The number of esters is 2. The third-order valence-corrected chi connectivity index (χ3v) is 12.5. The van der Waals surface area contributed by atoms with Gasteiger partial charge >= 0.3 is 18.1 Å². The summed E-state index contributed by atoms with van der Waals surface area (Å²) < 4.78 is 45.1. The van der Waals surface area contributed by atoms with E-state index in [-0.39, 0.29) is 74.8 Å². The van der Waals surface area contributed by atoms with Crippen molar-refractivity contribution in [1.82, 2.24) is 10.8 Å². The predicted molar refractivity (Wildman–Crippen MR) is 193 cm³/mol. The van der Waals surface area contributed by atoms with Crippen molar-refractivity contribution in [3.05, 3.63) is 47.6 Å². The Morgan fingerprint density at radius 1 is 0.932 bits per heavy atom. The fourth-order valence-corrected chi connectivity index (χ4v) is 9.82. The third-order valence-electron chi connectivity index (χ3n) is 12.5. The van der Waals surface area contributed by atoms with Crippen LogP contribution in [0.1, 0.15) is 82.5 Å². The van der Waals surface area contributed by atoms with Crippen LogP contribution in [-0.4, -0.2) is 117 Å². The molecule has 20 heteroatoms. The zero-order valence-electron chi connectivity index (χ0n) is 33.2. The van der Waals surface area contributed by atoms with Crippen LogP contribution in [0.4, 0.5) is 9.18 Å². The van der Waals surface area contributed by atoms with Crippen LogP contribution >= 0.6 is 0 Å². The van der Waals surface area contributed by atoms with Gasteiger partial charge < -0.3 is 28.8 Å². The topological polar surface area (TPSA) is 258 Å². The van der Waals surface area contributed by atoms with Crippen LogP contribution in [0.15, 0.2) is 42.0 Å². The number of ether oxygens (including phenoxy) is 5. The molecule has 4 aliphatic rings. The normalized spacial score (nSPS) is 30.8. The summed E-state index contributed by atoms with van der Waals surface area (Å²) in [6.07, 6.45) is 1.93. The van der Waals surface area contributed by atoms with Crippen LogP contribution < -0.4 is 9.47 Å². The van der Waals surface area contributed by atoms with Crippen molar-refractivity contribution in [2.24, 2.45) is 28.6 Å². The summed E-state index contributed by atoms with van der Waals surface area (Å²) in [5.74, 6) is -5.21. The van der Waals surface area contributed by atoms with E-state index < -0.39 is 87.2 Å². The van der Waals surface area contributed by atoms with Gasteiger partial charge in [-0.25, -0.2) is 14.0 Å². The van der Waals surface area contributed by atoms with Crippen molar-refractivity contribution in [2.45, 2.75) is 89.5 Å². The first-order valence-electron chi connectivity index (χ1n) is 19.2. The molecular weight excluding hydrogens is 787 g/mol. The van der Waals surface area contributed by atoms with E-state index in [1.165, 1.54) is 43.5 Å². The average Bonchev–Trinajstić information content (AvgIpc) is 3.39. The second-order valence-corrected chi connectivity index (χ2v) is 15.7. The molecule has 0 saturated heterocycles. The molecule has 326 valence electrons. The molecule has 5 rings (SSSR count). The summed E-state index contributed by atoms with van der Waals surface area (Å²) >= 11 is 0. The maximum atomic E-state index is 17.8. The summed E-state index contributed by atoms with van der Waals surface area (Å²) in [6.45, 7) is 3.67. The number of halogens is 1. The maximum absolute atomic E-state index is 17.8. The van der Waals surface area contributed by atoms with Gasteiger partial charge in [-0.1, -0.05) is 25.5 Å². The van der Waals surface area contributed by atoms with Crippen molar-refractivity contribution in [3.63, 3.8) is 0 Å². The molecule has 4 aliphatic carbocycles. The lowest BCUT2D eigenvalue weighted by molar-refractivity contribution is -0.492. The van der Waals surface area contributed by atoms with Gasteiger partial charge in [-0.3, -0.25) is 44.9 Å². The highest BCUT2D eigenvalue weighted by atomic mass is 19.1. The Labute approximate surface area is 338 Å². The number of rotatable bonds is 18. The highest BCUT2D eigenvalue weighted by molar-refractivity contribution is 6.01. The van der Waals surface area contributed by atoms with Gasteiger partial charge in [0.25, 0.3) is 0 Å². The van der Waals surface area contributed by atoms with Crippen molar-refractivity contribution in [1.29, 1.82) is 0 Å². The number of hydrogen-bond donors (Lipinski definition) is 5. The van der Waals surface area contributed by atoms with Crippen LogP contribution in [0, 0.1) is 28.6 Å². The molecule has 0 spiro atoms. The van der Waals surface area contributed by atoms with Crippen molar-refractivity contribution in [2.75, 3.05) is 33.5 Å². The van der Waals surface area contributed by atoms with E-state index in [9.17, 15) is 29.1 Å². The fourth-order valence-electron chi connectivity index (χ4n) is 9.82. The molecule has 3 saturated carbocycles. The van der Waals surface area contributed by atoms with Gasteiger partial charge in [0.05, 0.1) is 49.4 Å². The number of unbranched alkanes of at least 4 members (excludes halogenated alkanes) is 1. The summed E-state index contributed by atoms with van der Waals surface area (Å²) in [7, 11) is 1.25. The van der Waals surface area contributed by atoms with Crippen LogP contribution in [0.2, 0.25) is 0 Å². The van der Waals surface area contributed by atoms with Crippen LogP contribution in [0.3, 0.4) is 0 Å². The number of carbonyl (C=O) groups is 5. The lowest BCUT2D eigenvalue weighted by Gasteiger charge is -2.62. The molecule has 19 nitrogen and oxygen atoms in total. The molecule has 3 unspecified atom stereocenters. The van der Waals surface area contributed by atoms with Gasteiger partial charge in [-0.15, -0.1) is 0 Å². The number of allylic oxidation sites excluding steroid dienone is 4. The lowest BCUT2D eigenvalue weighted by Crippen LogP contribution is -2.70. The van der Waals surface area contributed by atoms with Crippen molar-refractivity contribution < 1.29 is 87.7 Å². The van der Waals surface area contributed by atoms with Crippen LogP contribution in [-0.2, 0) is 38.3 Å². The van der Waals surface area contributed by atoms with E-state index in [1.54, 1.807) is 20.8 Å². The monoisotopic (exact) mass is 838 g/mol. The summed E-state index contributed by atoms with van der Waals surface area (Å²) in [5.41, 5.74) is -6.38. The zero-order valence-corrected chi connectivity index (χ0v) is 33.2. The quantitative estimate of drug-likeness (QED) is 0.0451. The van der Waals surface area contributed by atoms with E-state index in [2.05, 4.69) is 9.68 Å². The molecule has 0 aromatic heterocycles. The molecule has 0 radical (unpaired) electrons. The van der Waals surface area contributed by atoms with Gasteiger partial charge in [0.15, 0.2) is 35.2 Å². The van der Waals surface area contributed by atoms with Crippen molar-refractivity contribution >= 4 is 29.7 Å². The number of aliphatic hydroxyl groups excluding tert-OH is 1. The number of benzene rings is 1. The molecule has 8 atom stereocenters. The first-order valence-corrected chi connectivity index (χ1v) is 19.2. The van der Waals surface area contributed by atoms with E-state index in [0.29, 0.717) is 24.8 Å². The number of fused-ring (bicyclic) bond motifs is 5. The first kappa shape index (κ1) is 45.7. The van der Waals surface area contributed by atoms with E-state index in [4.69, 9.17) is 44.5 Å². The van der Waals surface area contributed by atoms with E-state index in [0.717, 1.165) is 0 Å². The summed E-state index contributed by atoms with van der Waals surface area (Å²) in [6, 6.07) is 3.78. The molecule has 0 bridgehead atoms. The van der Waals surface area contributed by atoms with Gasteiger partial charge in [0, 0.05) is 29.1 Å². The fraction of sp³-hybridized carbons (Fsp3) is 0.615. The molecule has 59 heavy (non-hydrogen) atoms. The molecule has 3 fully saturated rings. The number of ketones is 2. The molecule has 0 aliphatic heterocycles. The van der Waals surface area contributed by atoms with Gasteiger partial charge in [0.1, 0.15) is 0 Å². The van der Waals surface area contributed by atoms with Crippen molar-refractivity contribution in [3.8, 4) is 11.5 Å². The first-order chi connectivity index (χ1) is 27.8. The Kier molecular flexibility index (Phi) is 14.3. The maximum Gasteiger partial charge on any atom is 0.514 e. The minimum atomic E-state index is -2.25. The predicted octanol–water partition coefficient (Wildman–Crippen LogP) is 4.42. The number of carbonyl (C=O) groups excluding carboxylic acids is 5. The second-order valence-electron chi connectivity index (χ2n) is 15.7. The van der Waals surface area contributed by atoms with Gasteiger partial charge in [0.2, 0.25) is 5.78 Å². The Morgan fingerprint density at radius 3 is 2.29 bits per heavy atom. The third kappa shape index (κ3) is 8.91. The number of methoxy groups -OCH3 is 1. The Balaban J connectivity index is 1.33. The lowest BCUT2D eigenvalue weighted by atomic mass is 9.44. The van der Waals surface area contributed by atoms with Gasteiger partial charge in [-0.05, 0) is 88.1 Å². The summed E-state index contributed by atoms with van der Waals surface area (Å²) in [5, 5.41) is 45.8. The second kappa shape index (κ2) is 18.5. The molecule has 0 heterocycles. The number of hydrogen-bond acceptors (Lipinski definition) is 19. The van der Waals surface area contributed by atoms with E-state index >= 15 is 4.39 Å². The zero-order chi connectivity index (χ0) is 43.3. The number of nitrogens with zero attached hydrogens (tertiary/aromatic N) is 2. The minimum Gasteiger partial charge on any atom is -0.493 e. The van der Waals surface area contributed by atoms with E-state index in [1.807, 2.05) is 0 Å². The van der Waals surface area contributed by atoms with Gasteiger partial charge in [-0.2, -0.15) is 0 Å². The largest absolute Gasteiger partial charge is 0.514 e. The minimum absolute atomic E-state index is 0.0127. The molecule has 1 aromatic rings. The Bertz CT molecular complexity index is 1820. The molecule has 1 aromatic carbocycles. The van der Waals surface area contributed by atoms with Crippen LogP contribution in [0.5, 0.6) is 11.5 Å². The molecular formula is C39H51FN2O17. The average molecular weight is 839 g/mol. The highest BCUT2D eigenvalue weighted by Crippen LogP contribution is 2.71. The smallest absolute Gasteiger partial charge is 0.493 e. The molecule has 0 amide bonds. The highest BCUT2D eigenvalue weighted by Gasteiger charge is 2.77. The standard InChI is InChI=1S/C39H51FN2O17/c1-23-18-28-27-11-10-25-20-26(43)13-14-36(25,2)38(27,40)31(44)21-37(28,3)39(23,59-33(46)8-7-17-57-42(51)52)32(45)22-55-35(48)58-29-12-9-24(19-30(29)53-4)34(47)54-15-5-6-16-56-41(49)50/h9,12-14,19-20,23,27-28,31,44,49-52H,5-8,10-11,15-18,21-22H2,1-4H3/t23-,27?,28?,31?,36+,37+,38+,39+/m1/s1. The Morgan fingerprint density at radius 2 is 1.61 bits per heavy atom. The van der Waals surface area contributed by atoms with Crippen LogP contribution in [0.25, 0.3) is 0 Å². The number of alkyl halides is 1. The SMILES string of the molecule is COc1cc(C(=O)OCCCCON(O)O)ccc1OC(=O)OCC(=O)[C@@]1(OC(=O)CCCON(O)O)[C@H](C)CC2C3CCC4=CC(=O)C=C[C@]4(C)[C@@]3(F)C(O)C[C@@]21C. The summed E-state index contributed by atoms with van der Waals surface area (Å²) in [4.78, 5) is 75.0. The Hall–Kier alpha value is -4.38. The number of Topliss-reactive ketones (excluding diaryl/α,β-unsaturated/α-hetero) is 1.